The SMILES string of the molecule is CNC.O=S(=O)(O)CC(F)C(F)C(F)C(F)C(F)C(F)CCF. The lowest BCUT2D eigenvalue weighted by Gasteiger charge is -2.23. The summed E-state index contributed by atoms with van der Waals surface area (Å²) in [6, 6.07) is 0. The van der Waals surface area contributed by atoms with E-state index in [0.717, 1.165) is 0 Å². The van der Waals surface area contributed by atoms with Crippen LogP contribution in [-0.4, -0.2) is 76.5 Å². The number of alkyl halides is 7. The quantitative estimate of drug-likeness (QED) is 0.476. The van der Waals surface area contributed by atoms with E-state index in [-0.39, 0.29) is 0 Å². The largest absolute Gasteiger partial charge is 0.323 e. The highest BCUT2D eigenvalue weighted by atomic mass is 32.2. The van der Waals surface area contributed by atoms with Crippen molar-refractivity contribution in [2.24, 2.45) is 0 Å². The molecule has 0 aliphatic rings. The van der Waals surface area contributed by atoms with Crippen molar-refractivity contribution in [3.05, 3.63) is 0 Å². The van der Waals surface area contributed by atoms with E-state index >= 15 is 0 Å². The molecule has 0 amide bonds. The van der Waals surface area contributed by atoms with Crippen LogP contribution in [0.2, 0.25) is 0 Å². The van der Waals surface area contributed by atoms with Gasteiger partial charge in [-0.15, -0.1) is 0 Å². The highest BCUT2D eigenvalue weighted by Gasteiger charge is 2.44. The molecule has 4 nitrogen and oxygen atoms in total. The molecule has 2 N–H and O–H groups in total. The van der Waals surface area contributed by atoms with Gasteiger partial charge in [-0.1, -0.05) is 0 Å². The Morgan fingerprint density at radius 1 is 0.870 bits per heavy atom. The molecule has 6 atom stereocenters. The zero-order valence-corrected chi connectivity index (χ0v) is 13.2. The van der Waals surface area contributed by atoms with Gasteiger partial charge in [0.1, 0.15) is 11.9 Å². The lowest BCUT2D eigenvalue weighted by atomic mass is 10.0. The summed E-state index contributed by atoms with van der Waals surface area (Å²) in [7, 11) is -1.24. The van der Waals surface area contributed by atoms with E-state index in [2.05, 4.69) is 5.32 Å². The van der Waals surface area contributed by atoms with Gasteiger partial charge in [0.05, 0.1) is 6.67 Å². The molecule has 0 rings (SSSR count). The van der Waals surface area contributed by atoms with Gasteiger partial charge in [0, 0.05) is 6.42 Å². The van der Waals surface area contributed by atoms with Crippen LogP contribution in [0, 0.1) is 0 Å². The molecule has 0 aliphatic heterocycles. The molecule has 0 heterocycles. The summed E-state index contributed by atoms with van der Waals surface area (Å²) >= 11 is 0. The molecule has 0 fully saturated rings. The second-order valence-electron chi connectivity index (χ2n) is 4.54. The molecule has 0 aromatic heterocycles. The first-order chi connectivity index (χ1) is 10.4. The zero-order valence-electron chi connectivity index (χ0n) is 12.4. The maximum Gasteiger partial charge on any atom is 0.267 e. The van der Waals surface area contributed by atoms with E-state index in [4.69, 9.17) is 4.55 Å². The van der Waals surface area contributed by atoms with Crippen LogP contribution in [0.5, 0.6) is 0 Å². The van der Waals surface area contributed by atoms with Crippen LogP contribution in [0.3, 0.4) is 0 Å². The Bertz CT molecular complexity index is 401. The molecule has 0 aliphatic carbocycles. The normalized spacial score (nSPS) is 19.7. The van der Waals surface area contributed by atoms with Gasteiger partial charge < -0.3 is 5.32 Å². The lowest BCUT2D eigenvalue weighted by Crippen LogP contribution is -2.44. The van der Waals surface area contributed by atoms with Crippen LogP contribution >= 0.6 is 0 Å². The molecule has 0 spiro atoms. The van der Waals surface area contributed by atoms with Crippen molar-refractivity contribution >= 4 is 10.1 Å². The van der Waals surface area contributed by atoms with Crippen LogP contribution in [0.15, 0.2) is 0 Å². The van der Waals surface area contributed by atoms with Crippen molar-refractivity contribution in [1.82, 2.24) is 5.32 Å². The molecule has 23 heavy (non-hydrogen) atoms. The highest BCUT2D eigenvalue weighted by Crippen LogP contribution is 2.25. The van der Waals surface area contributed by atoms with Crippen molar-refractivity contribution in [3.8, 4) is 0 Å². The first kappa shape index (κ1) is 24.6. The highest BCUT2D eigenvalue weighted by molar-refractivity contribution is 7.85. The van der Waals surface area contributed by atoms with Crippen LogP contribution in [-0.2, 0) is 10.1 Å². The maximum absolute atomic E-state index is 13.1. The third-order valence-corrected chi connectivity index (χ3v) is 3.10. The molecule has 12 heteroatoms. The minimum absolute atomic E-state index is 1.09. The number of rotatable bonds is 9. The number of nitrogens with one attached hydrogen (secondary N) is 1. The van der Waals surface area contributed by atoms with Gasteiger partial charge in [0.15, 0.2) is 30.9 Å². The number of halogens is 7. The van der Waals surface area contributed by atoms with E-state index in [9.17, 15) is 39.2 Å². The van der Waals surface area contributed by atoms with E-state index < -0.39 is 66.0 Å². The Morgan fingerprint density at radius 3 is 1.52 bits per heavy atom. The van der Waals surface area contributed by atoms with Crippen LogP contribution in [0.4, 0.5) is 30.7 Å². The van der Waals surface area contributed by atoms with Crippen LogP contribution in [0.25, 0.3) is 0 Å². The van der Waals surface area contributed by atoms with Gasteiger partial charge in [-0.2, -0.15) is 8.42 Å². The second kappa shape index (κ2) is 11.8. The third kappa shape index (κ3) is 10.7. The van der Waals surface area contributed by atoms with Gasteiger partial charge in [0.2, 0.25) is 0 Å². The average Bonchev–Trinajstić information content (AvgIpc) is 2.43. The van der Waals surface area contributed by atoms with Crippen LogP contribution < -0.4 is 5.32 Å². The Balaban J connectivity index is 0. The summed E-state index contributed by atoms with van der Waals surface area (Å²) < 4.78 is 118. The van der Waals surface area contributed by atoms with Crippen molar-refractivity contribution in [1.29, 1.82) is 0 Å². The number of hydrogen-bond donors (Lipinski definition) is 2. The Kier molecular flexibility index (Phi) is 12.7. The first-order valence-electron chi connectivity index (χ1n) is 6.36. The Labute approximate surface area is 130 Å². The van der Waals surface area contributed by atoms with Crippen molar-refractivity contribution < 1.29 is 43.7 Å². The fraction of sp³-hybridized carbons (Fsp3) is 1.00. The molecule has 0 radical (unpaired) electrons. The molecule has 6 unspecified atom stereocenters. The summed E-state index contributed by atoms with van der Waals surface area (Å²) in [4.78, 5) is 0. The lowest BCUT2D eigenvalue weighted by molar-refractivity contribution is -0.0188. The maximum atomic E-state index is 13.1. The van der Waals surface area contributed by atoms with Gasteiger partial charge in [-0.3, -0.25) is 8.94 Å². The minimum atomic E-state index is -4.99. The van der Waals surface area contributed by atoms with Gasteiger partial charge in [0.25, 0.3) is 10.1 Å². The van der Waals surface area contributed by atoms with E-state index in [0.29, 0.717) is 0 Å². The molecule has 0 aromatic rings. The molecule has 0 bridgehead atoms. The third-order valence-electron chi connectivity index (χ3n) is 2.36. The Hall–Kier alpha value is -0.620. The van der Waals surface area contributed by atoms with Crippen LogP contribution in [0.1, 0.15) is 6.42 Å². The van der Waals surface area contributed by atoms with Crippen molar-refractivity contribution in [2.75, 3.05) is 26.5 Å². The zero-order chi connectivity index (χ0) is 18.8. The summed E-state index contributed by atoms with van der Waals surface area (Å²) in [5, 5.41) is 2.75. The number of hydrogen-bond acceptors (Lipinski definition) is 3. The molecule has 0 saturated carbocycles. The topological polar surface area (TPSA) is 66.4 Å². The molecule has 0 aromatic carbocycles. The van der Waals surface area contributed by atoms with Gasteiger partial charge >= 0.3 is 0 Å². The molecule has 142 valence electrons. The summed E-state index contributed by atoms with van der Waals surface area (Å²) in [5.41, 5.74) is 0. The summed E-state index contributed by atoms with van der Waals surface area (Å²) in [5.74, 6) is -1.86. The average molecular weight is 379 g/mol. The van der Waals surface area contributed by atoms with Gasteiger partial charge in [-0.05, 0) is 14.1 Å². The monoisotopic (exact) mass is 379 g/mol. The predicted molar refractivity (Wildman–Crippen MR) is 71.4 cm³/mol. The Morgan fingerprint density at radius 2 is 1.22 bits per heavy atom. The molecular weight excluding hydrogens is 359 g/mol. The van der Waals surface area contributed by atoms with Crippen molar-refractivity contribution in [3.63, 3.8) is 0 Å². The predicted octanol–water partition coefficient (Wildman–Crippen LogP) is 2.10. The van der Waals surface area contributed by atoms with Gasteiger partial charge in [-0.25, -0.2) is 26.3 Å². The molecular formula is C11H20F7NO3S. The van der Waals surface area contributed by atoms with Crippen molar-refractivity contribution in [2.45, 2.75) is 43.5 Å². The standard InChI is InChI=1S/C9H13F7O3S.C2H7N/c10-2-1-4(11)6(13)8(15)9(16)7(14)5(12)3-20(17,18)19;1-3-2/h4-9H,1-3H2,(H,17,18,19);3H,1-2H3. The second-order valence-corrected chi connectivity index (χ2v) is 6.03. The van der Waals surface area contributed by atoms with E-state index in [1.165, 1.54) is 0 Å². The minimum Gasteiger partial charge on any atom is -0.323 e. The smallest absolute Gasteiger partial charge is 0.267 e. The molecule has 0 saturated heterocycles. The fourth-order valence-corrected chi connectivity index (χ4v) is 1.89. The van der Waals surface area contributed by atoms with E-state index in [1.54, 1.807) is 0 Å². The van der Waals surface area contributed by atoms with E-state index in [1.807, 2.05) is 14.1 Å². The summed E-state index contributed by atoms with van der Waals surface area (Å²) in [6.07, 6.45) is -20.6. The summed E-state index contributed by atoms with van der Waals surface area (Å²) in [6.45, 7) is -1.36. The first-order valence-corrected chi connectivity index (χ1v) is 7.97. The fourth-order valence-electron chi connectivity index (χ4n) is 1.31.